The molecule has 1 unspecified atom stereocenters. The van der Waals surface area contributed by atoms with Gasteiger partial charge in [0.1, 0.15) is 0 Å². The second kappa shape index (κ2) is 6.61. The summed E-state index contributed by atoms with van der Waals surface area (Å²) in [7, 11) is 0. The molecule has 1 aliphatic rings. The maximum Gasteiger partial charge on any atom is 0.203 e. The molecule has 0 amide bonds. The Hall–Kier alpha value is -1.03. The molecule has 0 radical (unpaired) electrons. The van der Waals surface area contributed by atoms with Gasteiger partial charge in [-0.25, -0.2) is 4.98 Å². The van der Waals surface area contributed by atoms with Gasteiger partial charge in [0.15, 0.2) is 0 Å². The van der Waals surface area contributed by atoms with E-state index < -0.39 is 0 Å². The zero-order chi connectivity index (χ0) is 14.7. The number of likely N-dealkylation sites (tertiary alicyclic amines) is 1. The van der Waals surface area contributed by atoms with E-state index in [2.05, 4.69) is 60.6 Å². The van der Waals surface area contributed by atoms with Gasteiger partial charge in [-0.1, -0.05) is 13.8 Å². The van der Waals surface area contributed by atoms with Crippen molar-refractivity contribution in [2.45, 2.75) is 53.6 Å². The summed E-state index contributed by atoms with van der Waals surface area (Å²) in [5.74, 6) is 2.44. The molecule has 0 aromatic carbocycles. The van der Waals surface area contributed by atoms with Gasteiger partial charge in [-0.2, -0.15) is 0 Å². The van der Waals surface area contributed by atoms with Crippen LogP contribution in [0.5, 0.6) is 0 Å². The summed E-state index contributed by atoms with van der Waals surface area (Å²) in [6.07, 6.45) is 3.49. The van der Waals surface area contributed by atoms with E-state index in [1.54, 1.807) is 0 Å². The van der Waals surface area contributed by atoms with Gasteiger partial charge in [0, 0.05) is 31.9 Å². The van der Waals surface area contributed by atoms with E-state index >= 15 is 0 Å². The normalized spacial score (nSPS) is 20.2. The van der Waals surface area contributed by atoms with Gasteiger partial charge in [-0.3, -0.25) is 0 Å². The summed E-state index contributed by atoms with van der Waals surface area (Å²) in [5, 5.41) is 3.48. The zero-order valence-electron chi connectivity index (χ0n) is 13.7. The number of aryl methyl sites for hydroxylation is 1. The molecule has 4 nitrogen and oxygen atoms in total. The van der Waals surface area contributed by atoms with Crippen LogP contribution in [0.25, 0.3) is 0 Å². The Kier molecular flexibility index (Phi) is 5.08. The SMILES string of the molecule is Cc1cn(CC2CCN(C(C)C)C2)c(NCC(C)C)n1. The molecule has 2 heterocycles. The van der Waals surface area contributed by atoms with Crippen molar-refractivity contribution in [3.05, 3.63) is 11.9 Å². The third-order valence-corrected chi connectivity index (χ3v) is 4.07. The molecule has 0 bridgehead atoms. The number of nitrogens with one attached hydrogen (secondary N) is 1. The largest absolute Gasteiger partial charge is 0.355 e. The van der Waals surface area contributed by atoms with E-state index in [0.29, 0.717) is 12.0 Å². The Morgan fingerprint density at radius 2 is 2.10 bits per heavy atom. The molecule has 2 rings (SSSR count). The van der Waals surface area contributed by atoms with E-state index in [1.807, 2.05) is 0 Å². The molecule has 4 heteroatoms. The van der Waals surface area contributed by atoms with Crippen LogP contribution in [0.4, 0.5) is 5.95 Å². The minimum absolute atomic E-state index is 0.642. The average molecular weight is 278 g/mol. The van der Waals surface area contributed by atoms with E-state index in [1.165, 1.54) is 19.5 Å². The first kappa shape index (κ1) is 15.4. The number of imidazole rings is 1. The number of rotatable bonds is 6. The summed E-state index contributed by atoms with van der Waals surface area (Å²) in [6.45, 7) is 15.6. The van der Waals surface area contributed by atoms with Crippen molar-refractivity contribution in [2.75, 3.05) is 25.0 Å². The van der Waals surface area contributed by atoms with Gasteiger partial charge in [-0.15, -0.1) is 0 Å². The second-order valence-corrected chi connectivity index (χ2v) is 6.88. The third kappa shape index (κ3) is 3.98. The van der Waals surface area contributed by atoms with Crippen molar-refractivity contribution in [1.82, 2.24) is 14.5 Å². The number of hydrogen-bond acceptors (Lipinski definition) is 3. The minimum Gasteiger partial charge on any atom is -0.355 e. The van der Waals surface area contributed by atoms with Crippen LogP contribution < -0.4 is 5.32 Å². The van der Waals surface area contributed by atoms with E-state index in [-0.39, 0.29) is 0 Å². The van der Waals surface area contributed by atoms with Crippen LogP contribution in [0, 0.1) is 18.8 Å². The maximum atomic E-state index is 4.62. The summed E-state index contributed by atoms with van der Waals surface area (Å²) in [5.41, 5.74) is 1.11. The summed E-state index contributed by atoms with van der Waals surface area (Å²) in [4.78, 5) is 7.20. The topological polar surface area (TPSA) is 33.1 Å². The number of aromatic nitrogens is 2. The number of anilines is 1. The van der Waals surface area contributed by atoms with Crippen molar-refractivity contribution in [1.29, 1.82) is 0 Å². The lowest BCUT2D eigenvalue weighted by atomic mass is 10.1. The number of hydrogen-bond donors (Lipinski definition) is 1. The monoisotopic (exact) mass is 278 g/mol. The van der Waals surface area contributed by atoms with Crippen molar-refractivity contribution in [3.8, 4) is 0 Å². The van der Waals surface area contributed by atoms with Gasteiger partial charge < -0.3 is 14.8 Å². The van der Waals surface area contributed by atoms with Crippen LogP contribution in [0.3, 0.4) is 0 Å². The molecule has 1 aromatic rings. The van der Waals surface area contributed by atoms with Crippen molar-refractivity contribution in [2.24, 2.45) is 11.8 Å². The Morgan fingerprint density at radius 1 is 1.35 bits per heavy atom. The highest BCUT2D eigenvalue weighted by atomic mass is 15.2. The highest BCUT2D eigenvalue weighted by Crippen LogP contribution is 2.22. The highest BCUT2D eigenvalue weighted by molar-refractivity contribution is 5.28. The predicted molar refractivity (Wildman–Crippen MR) is 85.1 cm³/mol. The summed E-state index contributed by atoms with van der Waals surface area (Å²) >= 11 is 0. The lowest BCUT2D eigenvalue weighted by Crippen LogP contribution is -2.28. The van der Waals surface area contributed by atoms with E-state index in [4.69, 9.17) is 0 Å². The molecule has 114 valence electrons. The first-order chi connectivity index (χ1) is 9.45. The van der Waals surface area contributed by atoms with Crippen molar-refractivity contribution >= 4 is 5.95 Å². The standard InChI is InChI=1S/C16H30N4/c1-12(2)8-17-16-18-14(5)9-20(16)11-15-6-7-19(10-15)13(3)4/h9,12-13,15H,6-8,10-11H2,1-5H3,(H,17,18). The second-order valence-electron chi connectivity index (χ2n) is 6.88. The third-order valence-electron chi connectivity index (χ3n) is 4.07. The minimum atomic E-state index is 0.642. The molecule has 1 saturated heterocycles. The summed E-state index contributed by atoms with van der Waals surface area (Å²) in [6, 6.07) is 0.669. The van der Waals surface area contributed by atoms with Crippen LogP contribution in [-0.2, 0) is 6.54 Å². The average Bonchev–Trinajstić information content (AvgIpc) is 2.94. The maximum absolute atomic E-state index is 4.62. The van der Waals surface area contributed by atoms with Gasteiger partial charge >= 0.3 is 0 Å². The fourth-order valence-corrected chi connectivity index (χ4v) is 2.88. The lowest BCUT2D eigenvalue weighted by Gasteiger charge is -2.20. The zero-order valence-corrected chi connectivity index (χ0v) is 13.7. The predicted octanol–water partition coefficient (Wildman–Crippen LogP) is 2.99. The van der Waals surface area contributed by atoms with Gasteiger partial charge in [0.25, 0.3) is 0 Å². The first-order valence-electron chi connectivity index (χ1n) is 7.97. The van der Waals surface area contributed by atoms with E-state index in [9.17, 15) is 0 Å². The van der Waals surface area contributed by atoms with Gasteiger partial charge in [0.2, 0.25) is 5.95 Å². The quantitative estimate of drug-likeness (QED) is 0.868. The molecular weight excluding hydrogens is 248 g/mol. The molecule has 1 aromatic heterocycles. The molecule has 0 aliphatic carbocycles. The van der Waals surface area contributed by atoms with Crippen LogP contribution in [0.1, 0.15) is 39.8 Å². The molecule has 0 saturated carbocycles. The van der Waals surface area contributed by atoms with Crippen LogP contribution in [-0.4, -0.2) is 40.1 Å². The Labute approximate surface area is 123 Å². The molecular formula is C16H30N4. The first-order valence-corrected chi connectivity index (χ1v) is 7.97. The van der Waals surface area contributed by atoms with Crippen LogP contribution in [0.15, 0.2) is 6.20 Å². The Balaban J connectivity index is 1.95. The molecule has 1 aliphatic heterocycles. The Morgan fingerprint density at radius 3 is 2.70 bits per heavy atom. The highest BCUT2D eigenvalue weighted by Gasteiger charge is 2.25. The van der Waals surface area contributed by atoms with Gasteiger partial charge in [0.05, 0.1) is 5.69 Å². The fraction of sp³-hybridized carbons (Fsp3) is 0.812. The Bertz CT molecular complexity index is 422. The van der Waals surface area contributed by atoms with Crippen molar-refractivity contribution in [3.63, 3.8) is 0 Å². The fourth-order valence-electron chi connectivity index (χ4n) is 2.88. The molecule has 20 heavy (non-hydrogen) atoms. The smallest absolute Gasteiger partial charge is 0.203 e. The van der Waals surface area contributed by atoms with E-state index in [0.717, 1.165) is 30.6 Å². The summed E-state index contributed by atoms with van der Waals surface area (Å²) < 4.78 is 2.31. The molecule has 1 fully saturated rings. The molecule has 1 atom stereocenters. The van der Waals surface area contributed by atoms with Gasteiger partial charge in [-0.05, 0) is 45.6 Å². The molecule has 1 N–H and O–H groups in total. The van der Waals surface area contributed by atoms with Crippen LogP contribution in [0.2, 0.25) is 0 Å². The van der Waals surface area contributed by atoms with Crippen LogP contribution >= 0.6 is 0 Å². The van der Waals surface area contributed by atoms with Crippen molar-refractivity contribution < 1.29 is 0 Å². The lowest BCUT2D eigenvalue weighted by molar-refractivity contribution is 0.261. The molecule has 0 spiro atoms. The number of nitrogens with zero attached hydrogens (tertiary/aromatic N) is 3.